The average Bonchev–Trinajstić information content (AvgIpc) is 3.10. The maximum atomic E-state index is 12.7. The Hall–Kier alpha value is -1.95. The maximum Gasteiger partial charge on any atom is 0.375 e. The fourth-order valence-electron chi connectivity index (χ4n) is 3.86. The number of amides is 1. The number of furan rings is 1. The van der Waals surface area contributed by atoms with Crippen molar-refractivity contribution in [1.82, 2.24) is 5.32 Å². The van der Waals surface area contributed by atoms with Crippen LogP contribution in [0.2, 0.25) is 0 Å². The van der Waals surface area contributed by atoms with Gasteiger partial charge in [0.2, 0.25) is 5.76 Å². The lowest BCUT2D eigenvalue weighted by Crippen LogP contribution is -2.35. The van der Waals surface area contributed by atoms with Crippen LogP contribution in [-0.4, -0.2) is 29.8 Å². The van der Waals surface area contributed by atoms with Gasteiger partial charge in [-0.25, -0.2) is 4.79 Å². The molecule has 0 aliphatic heterocycles. The van der Waals surface area contributed by atoms with Crippen LogP contribution in [-0.2, 0) is 15.3 Å². The number of rotatable bonds is 9. The number of carbonyl (C=O) groups excluding carboxylic acids is 2. The van der Waals surface area contributed by atoms with E-state index in [1.165, 1.54) is 32.1 Å². The number of esters is 1. The molecule has 0 saturated heterocycles. The van der Waals surface area contributed by atoms with E-state index in [1.807, 2.05) is 43.0 Å². The summed E-state index contributed by atoms with van der Waals surface area (Å²) < 4.78 is 11.1. The summed E-state index contributed by atoms with van der Waals surface area (Å²) in [6.07, 6.45) is 8.23. The van der Waals surface area contributed by atoms with Crippen molar-refractivity contribution >= 4 is 34.6 Å². The van der Waals surface area contributed by atoms with Crippen LogP contribution >= 0.6 is 11.8 Å². The first kappa shape index (κ1) is 21.8. The van der Waals surface area contributed by atoms with E-state index in [0.717, 1.165) is 23.8 Å². The number of thioether (sulfide) groups is 1. The minimum absolute atomic E-state index is 0.0693. The highest BCUT2D eigenvalue weighted by Gasteiger charge is 2.24. The van der Waals surface area contributed by atoms with E-state index in [2.05, 4.69) is 12.2 Å². The molecule has 158 valence electrons. The highest BCUT2D eigenvalue weighted by Crippen LogP contribution is 2.35. The zero-order valence-corrected chi connectivity index (χ0v) is 18.2. The predicted molar refractivity (Wildman–Crippen MR) is 117 cm³/mol. The summed E-state index contributed by atoms with van der Waals surface area (Å²) in [4.78, 5) is 24.7. The fraction of sp³-hybridized carbons (Fsp3) is 0.565. The van der Waals surface area contributed by atoms with E-state index in [4.69, 9.17) is 9.15 Å². The summed E-state index contributed by atoms with van der Waals surface area (Å²) in [6, 6.07) is 7.75. The quantitative estimate of drug-likeness (QED) is 0.549. The largest absolute Gasteiger partial charge is 0.450 e. The van der Waals surface area contributed by atoms with Crippen molar-refractivity contribution in [2.24, 2.45) is 0 Å². The second kappa shape index (κ2) is 10.7. The molecule has 1 heterocycles. The number of hydrogen-bond donors (Lipinski definition) is 1. The molecule has 29 heavy (non-hydrogen) atoms. The molecule has 6 heteroatoms. The first-order valence-corrected chi connectivity index (χ1v) is 11.7. The van der Waals surface area contributed by atoms with Crippen LogP contribution in [0.5, 0.6) is 0 Å². The van der Waals surface area contributed by atoms with E-state index in [9.17, 15) is 9.59 Å². The number of para-hydroxylation sites is 1. The second-order valence-corrected chi connectivity index (χ2v) is 9.10. The lowest BCUT2D eigenvalue weighted by Gasteiger charge is -2.20. The monoisotopic (exact) mass is 417 g/mol. The minimum atomic E-state index is -0.571. The van der Waals surface area contributed by atoms with Crippen LogP contribution in [0.3, 0.4) is 0 Å². The third-order valence-corrected chi connectivity index (χ3v) is 6.76. The predicted octanol–water partition coefficient (Wildman–Crippen LogP) is 5.46. The summed E-state index contributed by atoms with van der Waals surface area (Å²) >= 11 is 1.89. The fourth-order valence-corrected chi connectivity index (χ4v) is 5.21. The Morgan fingerprint density at radius 3 is 2.76 bits per heavy atom. The van der Waals surface area contributed by atoms with Crippen molar-refractivity contribution in [1.29, 1.82) is 0 Å². The maximum absolute atomic E-state index is 12.7. The van der Waals surface area contributed by atoms with Crippen LogP contribution < -0.4 is 5.32 Å². The molecule has 0 radical (unpaired) electrons. The number of benzene rings is 1. The zero-order chi connectivity index (χ0) is 20.6. The molecule has 1 atom stereocenters. The molecular weight excluding hydrogens is 386 g/mol. The van der Waals surface area contributed by atoms with Gasteiger partial charge in [0.1, 0.15) is 5.58 Å². The highest BCUT2D eigenvalue weighted by atomic mass is 32.2. The Labute approximate surface area is 176 Å². The molecule has 5 nitrogen and oxygen atoms in total. The molecule has 1 aliphatic rings. The number of hydrogen-bond acceptors (Lipinski definition) is 5. The number of nitrogens with one attached hydrogen (secondary N) is 1. The van der Waals surface area contributed by atoms with Gasteiger partial charge in [0.15, 0.2) is 6.61 Å². The van der Waals surface area contributed by atoms with E-state index in [0.29, 0.717) is 16.6 Å². The molecule has 0 bridgehead atoms. The van der Waals surface area contributed by atoms with Gasteiger partial charge in [0.05, 0.1) is 0 Å². The average molecular weight is 418 g/mol. The molecule has 1 fully saturated rings. The van der Waals surface area contributed by atoms with Gasteiger partial charge < -0.3 is 14.5 Å². The zero-order valence-electron chi connectivity index (χ0n) is 17.4. The van der Waals surface area contributed by atoms with E-state index in [-0.39, 0.29) is 24.3 Å². The van der Waals surface area contributed by atoms with Crippen molar-refractivity contribution in [2.75, 3.05) is 6.61 Å². The Bertz CT molecular complexity index is 825. The third-order valence-electron chi connectivity index (χ3n) is 5.36. The number of ether oxygens (including phenoxy) is 1. The van der Waals surface area contributed by atoms with E-state index >= 15 is 0 Å². The smallest absolute Gasteiger partial charge is 0.375 e. The first-order valence-electron chi connectivity index (χ1n) is 10.7. The van der Waals surface area contributed by atoms with Crippen molar-refractivity contribution in [3.05, 3.63) is 35.6 Å². The molecule has 1 N–H and O–H groups in total. The van der Waals surface area contributed by atoms with Crippen molar-refractivity contribution < 1.29 is 18.7 Å². The molecule has 1 amide bonds. The van der Waals surface area contributed by atoms with Crippen LogP contribution in [0.4, 0.5) is 0 Å². The van der Waals surface area contributed by atoms with Gasteiger partial charge in [-0.05, 0) is 32.3 Å². The highest BCUT2D eigenvalue weighted by molar-refractivity contribution is 7.99. The molecule has 3 rings (SSSR count). The molecular formula is C23H31NO4S. The summed E-state index contributed by atoms with van der Waals surface area (Å²) in [6.45, 7) is 3.72. The molecule has 2 aromatic rings. The minimum Gasteiger partial charge on any atom is -0.450 e. The van der Waals surface area contributed by atoms with Gasteiger partial charge in [0, 0.05) is 28.0 Å². The molecule has 1 aromatic heterocycles. The van der Waals surface area contributed by atoms with Crippen LogP contribution in [0, 0.1) is 0 Å². The lowest BCUT2D eigenvalue weighted by atomic mass is 10.0. The van der Waals surface area contributed by atoms with Gasteiger partial charge in [-0.15, -0.1) is 0 Å². The van der Waals surface area contributed by atoms with Gasteiger partial charge in [-0.3, -0.25) is 4.79 Å². The lowest BCUT2D eigenvalue weighted by molar-refractivity contribution is -0.124. The molecule has 1 saturated carbocycles. The summed E-state index contributed by atoms with van der Waals surface area (Å²) in [5.74, 6) is 0.0856. The summed E-state index contributed by atoms with van der Waals surface area (Å²) in [5.41, 5.74) is 1.56. The SMILES string of the molecule is CCC[C@@H](C)NC(=O)COC(=O)c1oc2ccccc2c1CSC1CCCCC1. The van der Waals surface area contributed by atoms with Crippen LogP contribution in [0.15, 0.2) is 28.7 Å². The van der Waals surface area contributed by atoms with Gasteiger partial charge in [0.25, 0.3) is 5.91 Å². The van der Waals surface area contributed by atoms with E-state index in [1.54, 1.807) is 0 Å². The molecule has 1 aromatic carbocycles. The molecule has 0 spiro atoms. The Morgan fingerprint density at radius 2 is 2.00 bits per heavy atom. The third kappa shape index (κ3) is 6.01. The van der Waals surface area contributed by atoms with Crippen LogP contribution in [0.1, 0.15) is 74.9 Å². The Morgan fingerprint density at radius 1 is 1.24 bits per heavy atom. The Balaban J connectivity index is 1.67. The van der Waals surface area contributed by atoms with Crippen LogP contribution in [0.25, 0.3) is 11.0 Å². The van der Waals surface area contributed by atoms with Gasteiger partial charge in [-0.1, -0.05) is 50.8 Å². The summed E-state index contributed by atoms with van der Waals surface area (Å²) in [7, 11) is 0. The molecule has 1 aliphatic carbocycles. The van der Waals surface area contributed by atoms with Gasteiger partial charge >= 0.3 is 5.97 Å². The second-order valence-electron chi connectivity index (χ2n) is 7.81. The Kier molecular flexibility index (Phi) is 8.04. The topological polar surface area (TPSA) is 68.5 Å². The van der Waals surface area contributed by atoms with Crippen molar-refractivity contribution in [3.8, 4) is 0 Å². The summed E-state index contributed by atoms with van der Waals surface area (Å²) in [5, 5.41) is 4.43. The number of fused-ring (bicyclic) bond motifs is 1. The molecule has 0 unspecified atom stereocenters. The van der Waals surface area contributed by atoms with Crippen molar-refractivity contribution in [2.45, 2.75) is 75.8 Å². The van der Waals surface area contributed by atoms with Gasteiger partial charge in [-0.2, -0.15) is 11.8 Å². The number of carbonyl (C=O) groups is 2. The standard InChI is InChI=1S/C23H31NO4S/c1-3-9-16(2)24-21(25)14-27-23(26)22-19(15-29-17-10-5-4-6-11-17)18-12-7-8-13-20(18)28-22/h7-8,12-13,16-17H,3-6,9-11,14-15H2,1-2H3,(H,24,25)/t16-/m1/s1. The normalized spacial score (nSPS) is 15.9. The van der Waals surface area contributed by atoms with Crippen molar-refractivity contribution in [3.63, 3.8) is 0 Å². The van der Waals surface area contributed by atoms with E-state index < -0.39 is 5.97 Å². The first-order chi connectivity index (χ1) is 14.1.